The van der Waals surface area contributed by atoms with Gasteiger partial charge in [0.25, 0.3) is 0 Å². The number of rotatable bonds is 6. The van der Waals surface area contributed by atoms with Crippen molar-refractivity contribution in [2.24, 2.45) is 0 Å². The summed E-state index contributed by atoms with van der Waals surface area (Å²) in [6.07, 6.45) is 0.828. The van der Waals surface area contributed by atoms with Crippen LogP contribution in [0.5, 0.6) is 0 Å². The van der Waals surface area contributed by atoms with Gasteiger partial charge in [0, 0.05) is 19.9 Å². The van der Waals surface area contributed by atoms with Crippen molar-refractivity contribution in [3.05, 3.63) is 11.8 Å². The fourth-order valence-corrected chi connectivity index (χ4v) is 0.900. The molecule has 0 spiro atoms. The molecule has 0 amide bonds. The van der Waals surface area contributed by atoms with Gasteiger partial charge in [-0.15, -0.1) is 0 Å². The van der Waals surface area contributed by atoms with E-state index in [9.17, 15) is 4.79 Å². The van der Waals surface area contributed by atoms with E-state index in [0.717, 1.165) is 0 Å². The number of likely N-dealkylation sites (N-methyl/N-ethyl adjacent to an activating group) is 1. The highest BCUT2D eigenvalue weighted by Gasteiger charge is 2.18. The van der Waals surface area contributed by atoms with Crippen LogP contribution >= 0.6 is 0 Å². The molecule has 0 aliphatic rings. The van der Waals surface area contributed by atoms with E-state index in [-0.39, 0.29) is 5.57 Å². The lowest BCUT2D eigenvalue weighted by Crippen LogP contribution is -2.34. The van der Waals surface area contributed by atoms with E-state index in [1.54, 1.807) is 14.1 Å². The summed E-state index contributed by atoms with van der Waals surface area (Å²) < 4.78 is 5.17. The van der Waals surface area contributed by atoms with Crippen LogP contribution in [-0.4, -0.2) is 38.0 Å². The zero-order chi connectivity index (χ0) is 10.3. The van der Waals surface area contributed by atoms with E-state index < -0.39 is 12.2 Å². The molecule has 0 radical (unpaired) electrons. The van der Waals surface area contributed by atoms with Crippen molar-refractivity contribution in [1.29, 1.82) is 0 Å². The molecular formula is C8H16N2O3. The first-order valence-electron chi connectivity index (χ1n) is 4.06. The lowest BCUT2D eigenvalue weighted by Gasteiger charge is -2.16. The largest absolute Gasteiger partial charge is 0.478 e. The zero-order valence-electron chi connectivity index (χ0n) is 8.13. The first-order valence-corrected chi connectivity index (χ1v) is 4.06. The van der Waals surface area contributed by atoms with Crippen molar-refractivity contribution in [3.63, 3.8) is 0 Å². The lowest BCUT2D eigenvalue weighted by atomic mass is 10.2. The second kappa shape index (κ2) is 6.45. The van der Waals surface area contributed by atoms with Gasteiger partial charge in [-0.25, -0.2) is 4.79 Å². The third-order valence-electron chi connectivity index (χ3n) is 1.42. The van der Waals surface area contributed by atoms with E-state index in [0.29, 0.717) is 6.61 Å². The van der Waals surface area contributed by atoms with Gasteiger partial charge >= 0.3 is 5.97 Å². The molecule has 0 fully saturated rings. The van der Waals surface area contributed by atoms with E-state index in [1.807, 2.05) is 6.92 Å². The second-order valence-corrected chi connectivity index (χ2v) is 2.32. The maximum atomic E-state index is 10.7. The van der Waals surface area contributed by atoms with Crippen molar-refractivity contribution >= 4 is 5.97 Å². The van der Waals surface area contributed by atoms with E-state index in [2.05, 4.69) is 10.6 Å². The minimum atomic E-state index is -0.998. The van der Waals surface area contributed by atoms with Crippen molar-refractivity contribution in [3.8, 4) is 0 Å². The van der Waals surface area contributed by atoms with E-state index in [1.165, 1.54) is 6.20 Å². The molecule has 0 aliphatic carbocycles. The van der Waals surface area contributed by atoms with Crippen molar-refractivity contribution in [2.45, 2.75) is 13.2 Å². The Hall–Kier alpha value is -1.07. The van der Waals surface area contributed by atoms with E-state index in [4.69, 9.17) is 9.84 Å². The zero-order valence-corrected chi connectivity index (χ0v) is 8.13. The fraction of sp³-hybridized carbons (Fsp3) is 0.625. The maximum absolute atomic E-state index is 10.7. The molecular weight excluding hydrogens is 172 g/mol. The summed E-state index contributed by atoms with van der Waals surface area (Å²) in [5, 5.41) is 14.2. The quantitative estimate of drug-likeness (QED) is 0.396. The van der Waals surface area contributed by atoms with Crippen molar-refractivity contribution in [2.75, 3.05) is 20.7 Å². The third kappa shape index (κ3) is 3.91. The topological polar surface area (TPSA) is 70.6 Å². The molecule has 0 saturated carbocycles. The number of aliphatic carboxylic acids is 1. The maximum Gasteiger partial charge on any atom is 0.337 e. The summed E-state index contributed by atoms with van der Waals surface area (Å²) in [4.78, 5) is 10.7. The molecule has 0 heterocycles. The molecule has 0 rings (SSSR count). The molecule has 0 saturated heterocycles. The van der Waals surface area contributed by atoms with Crippen molar-refractivity contribution in [1.82, 2.24) is 10.6 Å². The molecule has 0 aromatic rings. The summed E-state index contributed by atoms with van der Waals surface area (Å²) in [5.41, 5.74) is 0.159. The highest BCUT2D eigenvalue weighted by Crippen LogP contribution is 2.02. The Morgan fingerprint density at radius 2 is 2.23 bits per heavy atom. The van der Waals surface area contributed by atoms with Crippen LogP contribution in [-0.2, 0) is 9.53 Å². The Kier molecular flexibility index (Phi) is 5.92. The SMILES string of the molecule is CCOC(NC)/C(=C\NC)C(=O)O. The summed E-state index contributed by atoms with van der Waals surface area (Å²) in [5.74, 6) is -0.998. The Labute approximate surface area is 77.8 Å². The molecule has 1 atom stereocenters. The third-order valence-corrected chi connectivity index (χ3v) is 1.42. The smallest absolute Gasteiger partial charge is 0.337 e. The number of carboxylic acids is 1. The van der Waals surface area contributed by atoms with Crippen LogP contribution in [0.1, 0.15) is 6.92 Å². The van der Waals surface area contributed by atoms with Gasteiger partial charge in [0.2, 0.25) is 0 Å². The van der Waals surface area contributed by atoms with Crippen LogP contribution in [0.15, 0.2) is 11.8 Å². The normalized spacial score (nSPS) is 13.9. The monoisotopic (exact) mass is 188 g/mol. The summed E-state index contributed by atoms with van der Waals surface area (Å²) in [6.45, 7) is 2.27. The predicted octanol–water partition coefficient (Wildman–Crippen LogP) is -0.244. The number of carbonyl (C=O) groups is 1. The number of nitrogens with one attached hydrogen (secondary N) is 2. The Morgan fingerprint density at radius 1 is 1.62 bits per heavy atom. The summed E-state index contributed by atoms with van der Waals surface area (Å²) >= 11 is 0. The summed E-state index contributed by atoms with van der Waals surface area (Å²) in [7, 11) is 3.29. The van der Waals surface area contributed by atoms with Crippen LogP contribution in [0.3, 0.4) is 0 Å². The van der Waals surface area contributed by atoms with Gasteiger partial charge in [0.1, 0.15) is 6.23 Å². The van der Waals surface area contributed by atoms with Crippen molar-refractivity contribution < 1.29 is 14.6 Å². The highest BCUT2D eigenvalue weighted by molar-refractivity contribution is 5.87. The van der Waals surface area contributed by atoms with Crippen LogP contribution in [0.25, 0.3) is 0 Å². The van der Waals surface area contributed by atoms with Crippen LogP contribution in [0.4, 0.5) is 0 Å². The molecule has 76 valence electrons. The van der Waals surface area contributed by atoms with Gasteiger partial charge in [-0.1, -0.05) is 0 Å². The first kappa shape index (κ1) is 11.9. The Balaban J connectivity index is 4.49. The molecule has 0 aromatic heterocycles. The van der Waals surface area contributed by atoms with Gasteiger partial charge in [-0.05, 0) is 14.0 Å². The minimum absolute atomic E-state index is 0.159. The van der Waals surface area contributed by atoms with Gasteiger partial charge in [0.15, 0.2) is 0 Å². The van der Waals surface area contributed by atoms with Gasteiger partial charge in [0.05, 0.1) is 5.57 Å². The second-order valence-electron chi connectivity index (χ2n) is 2.32. The first-order chi connectivity index (χ1) is 6.17. The molecule has 5 nitrogen and oxygen atoms in total. The standard InChI is InChI=1S/C8H16N2O3/c1-4-13-7(10-3)6(5-9-2)8(11)12/h5,7,9-10H,4H2,1-3H3,(H,11,12)/b6-5+. The van der Waals surface area contributed by atoms with Crippen LogP contribution in [0.2, 0.25) is 0 Å². The molecule has 0 bridgehead atoms. The molecule has 5 heteroatoms. The fourth-order valence-electron chi connectivity index (χ4n) is 0.900. The highest BCUT2D eigenvalue weighted by atomic mass is 16.5. The molecule has 1 unspecified atom stereocenters. The Morgan fingerprint density at radius 3 is 2.54 bits per heavy atom. The minimum Gasteiger partial charge on any atom is -0.478 e. The number of hydrogen-bond donors (Lipinski definition) is 3. The van der Waals surface area contributed by atoms with Gasteiger partial charge < -0.3 is 15.2 Å². The summed E-state index contributed by atoms with van der Waals surface area (Å²) in [6, 6.07) is 0. The van der Waals surface area contributed by atoms with Gasteiger partial charge in [-0.3, -0.25) is 5.32 Å². The molecule has 13 heavy (non-hydrogen) atoms. The predicted molar refractivity (Wildman–Crippen MR) is 49.3 cm³/mol. The molecule has 0 aliphatic heterocycles. The number of carboxylic acid groups (broad SMARTS) is 1. The average molecular weight is 188 g/mol. The average Bonchev–Trinajstić information content (AvgIpc) is 2.10. The van der Waals surface area contributed by atoms with Gasteiger partial charge in [-0.2, -0.15) is 0 Å². The lowest BCUT2D eigenvalue weighted by molar-refractivity contribution is -0.134. The molecule has 3 N–H and O–H groups in total. The van der Waals surface area contributed by atoms with Crippen LogP contribution < -0.4 is 10.6 Å². The molecule has 0 aromatic carbocycles. The number of hydrogen-bond acceptors (Lipinski definition) is 4. The van der Waals surface area contributed by atoms with E-state index >= 15 is 0 Å². The van der Waals surface area contributed by atoms with Crippen LogP contribution in [0, 0.1) is 0 Å². The Bertz CT molecular complexity index is 192. The number of ether oxygens (including phenoxy) is 1.